The second kappa shape index (κ2) is 8.87. The Morgan fingerprint density at radius 2 is 1.44 bits per heavy atom. The van der Waals surface area contributed by atoms with Gasteiger partial charge in [-0.1, -0.05) is 97.1 Å². The molecule has 5 nitrogen and oxygen atoms in total. The van der Waals surface area contributed by atoms with Gasteiger partial charge < -0.3 is 10.5 Å². The molecular formula is C29H25N3O2. The summed E-state index contributed by atoms with van der Waals surface area (Å²) in [5, 5.41) is 0. The van der Waals surface area contributed by atoms with Gasteiger partial charge >= 0.3 is 0 Å². The van der Waals surface area contributed by atoms with Crippen LogP contribution in [0.5, 0.6) is 5.75 Å². The Morgan fingerprint density at radius 1 is 0.824 bits per heavy atom. The zero-order chi connectivity index (χ0) is 23.5. The monoisotopic (exact) mass is 447 g/mol. The number of guanidine groups is 1. The van der Waals surface area contributed by atoms with Crippen LogP contribution in [0.4, 0.5) is 0 Å². The SMILES string of the molecule is CN1C(=O)C(c2ccccc2)(c2cc(-c3ccccc3)ccc2OCc2ccccc2)N=C1N. The molecule has 5 rings (SSSR count). The zero-order valence-electron chi connectivity index (χ0n) is 18.9. The molecule has 1 amide bonds. The fraction of sp³-hybridized carbons (Fsp3) is 0.103. The molecule has 1 aliphatic rings. The van der Waals surface area contributed by atoms with Crippen molar-refractivity contribution < 1.29 is 9.53 Å². The molecule has 0 fully saturated rings. The highest BCUT2D eigenvalue weighted by Crippen LogP contribution is 2.45. The lowest BCUT2D eigenvalue weighted by molar-refractivity contribution is -0.129. The Morgan fingerprint density at radius 3 is 2.06 bits per heavy atom. The van der Waals surface area contributed by atoms with Gasteiger partial charge in [0, 0.05) is 12.6 Å². The number of likely N-dealkylation sites (N-methyl/N-ethyl adjacent to an activating group) is 1. The number of carbonyl (C=O) groups excluding carboxylic acids is 1. The van der Waals surface area contributed by atoms with Crippen LogP contribution in [-0.2, 0) is 16.9 Å². The van der Waals surface area contributed by atoms with E-state index in [9.17, 15) is 4.79 Å². The maximum absolute atomic E-state index is 13.8. The summed E-state index contributed by atoms with van der Waals surface area (Å²) >= 11 is 0. The lowest BCUT2D eigenvalue weighted by Gasteiger charge is -2.28. The molecule has 4 aromatic carbocycles. The molecule has 0 saturated heterocycles. The first kappa shape index (κ1) is 21.5. The lowest BCUT2D eigenvalue weighted by atomic mass is 9.81. The molecule has 4 aromatic rings. The van der Waals surface area contributed by atoms with Gasteiger partial charge in [0.25, 0.3) is 5.91 Å². The predicted octanol–water partition coefficient (Wildman–Crippen LogP) is 4.96. The second-order valence-corrected chi connectivity index (χ2v) is 8.26. The van der Waals surface area contributed by atoms with Crippen LogP contribution in [0.3, 0.4) is 0 Å². The Kier molecular flexibility index (Phi) is 5.60. The van der Waals surface area contributed by atoms with Crippen LogP contribution in [0.25, 0.3) is 11.1 Å². The number of benzene rings is 4. The van der Waals surface area contributed by atoms with Gasteiger partial charge in [-0.15, -0.1) is 0 Å². The summed E-state index contributed by atoms with van der Waals surface area (Å²) in [6.07, 6.45) is 0. The van der Waals surface area contributed by atoms with E-state index in [1.165, 1.54) is 4.90 Å². The minimum atomic E-state index is -1.34. The number of nitrogens with two attached hydrogens (primary N) is 1. The Labute approximate surface area is 199 Å². The van der Waals surface area contributed by atoms with Gasteiger partial charge in [0.15, 0.2) is 11.5 Å². The van der Waals surface area contributed by atoms with Crippen molar-refractivity contribution in [1.29, 1.82) is 0 Å². The fourth-order valence-corrected chi connectivity index (χ4v) is 4.32. The molecule has 2 N–H and O–H groups in total. The zero-order valence-corrected chi connectivity index (χ0v) is 18.9. The summed E-state index contributed by atoms with van der Waals surface area (Å²) < 4.78 is 6.31. The van der Waals surface area contributed by atoms with Crippen LogP contribution in [0.1, 0.15) is 16.7 Å². The first-order valence-corrected chi connectivity index (χ1v) is 11.2. The minimum Gasteiger partial charge on any atom is -0.489 e. The average molecular weight is 448 g/mol. The number of amides is 1. The van der Waals surface area contributed by atoms with E-state index in [0.29, 0.717) is 17.9 Å². The van der Waals surface area contributed by atoms with Crippen LogP contribution in [0.15, 0.2) is 114 Å². The van der Waals surface area contributed by atoms with Gasteiger partial charge in [0.05, 0.1) is 0 Å². The van der Waals surface area contributed by atoms with Crippen molar-refractivity contribution in [2.24, 2.45) is 10.7 Å². The van der Waals surface area contributed by atoms with Gasteiger partial charge in [-0.05, 0) is 34.4 Å². The van der Waals surface area contributed by atoms with Gasteiger partial charge in [0.1, 0.15) is 12.4 Å². The summed E-state index contributed by atoms with van der Waals surface area (Å²) in [5.74, 6) is 0.548. The molecule has 0 spiro atoms. The summed E-state index contributed by atoms with van der Waals surface area (Å²) in [4.78, 5) is 20.0. The minimum absolute atomic E-state index is 0.174. The van der Waals surface area contributed by atoms with Gasteiger partial charge in [-0.2, -0.15) is 0 Å². The van der Waals surface area contributed by atoms with E-state index in [1.807, 2.05) is 109 Å². The number of carbonyl (C=O) groups is 1. The highest BCUT2D eigenvalue weighted by atomic mass is 16.5. The van der Waals surface area contributed by atoms with Crippen molar-refractivity contribution >= 4 is 11.9 Å². The van der Waals surface area contributed by atoms with Gasteiger partial charge in [-0.25, -0.2) is 4.99 Å². The van der Waals surface area contributed by atoms with Crippen molar-refractivity contribution in [2.45, 2.75) is 12.1 Å². The van der Waals surface area contributed by atoms with E-state index >= 15 is 0 Å². The van der Waals surface area contributed by atoms with Gasteiger partial charge in [0.2, 0.25) is 0 Å². The molecule has 0 aromatic heterocycles. The average Bonchev–Trinajstić information content (AvgIpc) is 3.13. The first-order chi connectivity index (χ1) is 16.6. The fourth-order valence-electron chi connectivity index (χ4n) is 4.32. The molecular weight excluding hydrogens is 422 g/mol. The largest absolute Gasteiger partial charge is 0.489 e. The molecule has 0 radical (unpaired) electrons. The molecule has 34 heavy (non-hydrogen) atoms. The molecule has 1 unspecified atom stereocenters. The van der Waals surface area contributed by atoms with Crippen LogP contribution >= 0.6 is 0 Å². The molecule has 5 heteroatoms. The third kappa shape index (κ3) is 3.71. The van der Waals surface area contributed by atoms with E-state index in [-0.39, 0.29) is 11.9 Å². The lowest BCUT2D eigenvalue weighted by Crippen LogP contribution is -2.41. The topological polar surface area (TPSA) is 67.9 Å². The Hall–Kier alpha value is -4.38. The predicted molar refractivity (Wildman–Crippen MR) is 134 cm³/mol. The molecule has 1 atom stereocenters. The summed E-state index contributed by atoms with van der Waals surface area (Å²) in [5.41, 5.74) is 9.30. The second-order valence-electron chi connectivity index (χ2n) is 8.26. The Balaban J connectivity index is 1.71. The van der Waals surface area contributed by atoms with Crippen LogP contribution in [-0.4, -0.2) is 23.8 Å². The maximum atomic E-state index is 13.8. The van der Waals surface area contributed by atoms with Crippen molar-refractivity contribution in [3.05, 3.63) is 126 Å². The van der Waals surface area contributed by atoms with E-state index in [1.54, 1.807) is 7.05 Å². The number of aliphatic imine (C=N–C) groups is 1. The van der Waals surface area contributed by atoms with E-state index in [0.717, 1.165) is 22.3 Å². The maximum Gasteiger partial charge on any atom is 0.266 e. The first-order valence-electron chi connectivity index (χ1n) is 11.2. The van der Waals surface area contributed by atoms with Crippen LogP contribution in [0, 0.1) is 0 Å². The molecule has 0 bridgehead atoms. The molecule has 168 valence electrons. The number of nitrogens with zero attached hydrogens (tertiary/aromatic N) is 2. The molecule has 0 aliphatic carbocycles. The standard InChI is InChI=1S/C29H25N3O2/c1-32-27(33)29(31-28(32)30,24-15-9-4-10-16-24)25-19-23(22-13-7-3-8-14-22)17-18-26(25)34-20-21-11-5-2-6-12-21/h2-19H,20H2,1H3,(H2,30,31). The van der Waals surface area contributed by atoms with Gasteiger partial charge in [-0.3, -0.25) is 9.69 Å². The number of hydrogen-bond donors (Lipinski definition) is 1. The number of ether oxygens (including phenoxy) is 1. The summed E-state index contributed by atoms with van der Waals surface area (Å²) in [7, 11) is 1.65. The quantitative estimate of drug-likeness (QED) is 0.454. The Bertz CT molecular complexity index is 1340. The van der Waals surface area contributed by atoms with Crippen LogP contribution in [0.2, 0.25) is 0 Å². The van der Waals surface area contributed by atoms with E-state index < -0.39 is 5.54 Å². The number of rotatable bonds is 6. The normalized spacial score (nSPS) is 17.5. The smallest absolute Gasteiger partial charge is 0.266 e. The van der Waals surface area contributed by atoms with Crippen molar-refractivity contribution in [3.8, 4) is 16.9 Å². The van der Waals surface area contributed by atoms with Crippen molar-refractivity contribution in [2.75, 3.05) is 7.05 Å². The summed E-state index contributed by atoms with van der Waals surface area (Å²) in [6, 6.07) is 35.4. The highest BCUT2D eigenvalue weighted by Gasteiger charge is 2.51. The van der Waals surface area contributed by atoms with Crippen molar-refractivity contribution in [1.82, 2.24) is 4.90 Å². The third-order valence-corrected chi connectivity index (χ3v) is 6.15. The molecule has 1 heterocycles. The number of hydrogen-bond acceptors (Lipinski definition) is 4. The molecule has 0 saturated carbocycles. The van der Waals surface area contributed by atoms with E-state index in [2.05, 4.69) is 0 Å². The van der Waals surface area contributed by atoms with Crippen LogP contribution < -0.4 is 10.5 Å². The highest BCUT2D eigenvalue weighted by molar-refractivity contribution is 6.09. The summed E-state index contributed by atoms with van der Waals surface area (Å²) in [6.45, 7) is 0.368. The third-order valence-electron chi connectivity index (χ3n) is 6.15. The van der Waals surface area contributed by atoms with Crippen molar-refractivity contribution in [3.63, 3.8) is 0 Å². The van der Waals surface area contributed by atoms with E-state index in [4.69, 9.17) is 15.5 Å². The molecule has 1 aliphatic heterocycles.